The number of ether oxygens (including phenoxy) is 2. The number of thiophene rings is 1. The third-order valence-electron chi connectivity index (χ3n) is 1.90. The average Bonchev–Trinajstić information content (AvgIpc) is 2.58. The molecule has 0 atom stereocenters. The molecule has 0 N–H and O–H groups in total. The summed E-state index contributed by atoms with van der Waals surface area (Å²) in [6.07, 6.45) is 0. The molecule has 0 amide bonds. The van der Waals surface area contributed by atoms with Crippen LogP contribution in [0.5, 0.6) is 10.8 Å². The van der Waals surface area contributed by atoms with E-state index in [9.17, 15) is 0 Å². The van der Waals surface area contributed by atoms with Crippen molar-refractivity contribution < 1.29 is 9.47 Å². The zero-order valence-electron chi connectivity index (χ0n) is 7.53. The molecular formula is C10H10O2S. The van der Waals surface area contributed by atoms with Gasteiger partial charge in [0.15, 0.2) is 5.06 Å². The Kier molecular flexibility index (Phi) is 2.10. The van der Waals surface area contributed by atoms with Gasteiger partial charge in [0.05, 0.1) is 14.2 Å². The van der Waals surface area contributed by atoms with Gasteiger partial charge in [-0.2, -0.15) is 0 Å². The minimum atomic E-state index is 0.882. The van der Waals surface area contributed by atoms with Crippen molar-refractivity contribution in [3.63, 3.8) is 0 Å². The van der Waals surface area contributed by atoms with E-state index in [1.165, 1.54) is 10.1 Å². The lowest BCUT2D eigenvalue weighted by Crippen LogP contribution is -1.79. The number of benzene rings is 1. The maximum absolute atomic E-state index is 5.15. The highest BCUT2D eigenvalue weighted by atomic mass is 32.1. The highest BCUT2D eigenvalue weighted by molar-refractivity contribution is 7.20. The molecule has 1 aromatic carbocycles. The summed E-state index contributed by atoms with van der Waals surface area (Å²) >= 11 is 1.64. The van der Waals surface area contributed by atoms with Gasteiger partial charge in [0.2, 0.25) is 0 Å². The smallest absolute Gasteiger partial charge is 0.174 e. The van der Waals surface area contributed by atoms with Crippen molar-refractivity contribution in [2.45, 2.75) is 0 Å². The predicted molar refractivity (Wildman–Crippen MR) is 54.9 cm³/mol. The lowest BCUT2D eigenvalue weighted by atomic mass is 10.2. The molecule has 0 spiro atoms. The minimum Gasteiger partial charge on any atom is -0.497 e. The molecule has 0 radical (unpaired) electrons. The van der Waals surface area contributed by atoms with E-state index in [1.807, 2.05) is 24.3 Å². The first-order valence-corrected chi connectivity index (χ1v) is 4.76. The zero-order valence-corrected chi connectivity index (χ0v) is 8.35. The Morgan fingerprint density at radius 2 is 1.92 bits per heavy atom. The van der Waals surface area contributed by atoms with Crippen molar-refractivity contribution in [2.24, 2.45) is 0 Å². The fourth-order valence-corrected chi connectivity index (χ4v) is 2.08. The van der Waals surface area contributed by atoms with E-state index in [1.54, 1.807) is 25.6 Å². The molecule has 1 aromatic heterocycles. The summed E-state index contributed by atoms with van der Waals surface area (Å²) in [5.41, 5.74) is 0. The van der Waals surface area contributed by atoms with Gasteiger partial charge >= 0.3 is 0 Å². The van der Waals surface area contributed by atoms with Gasteiger partial charge in [-0.1, -0.05) is 11.3 Å². The molecule has 68 valence electrons. The van der Waals surface area contributed by atoms with E-state index in [-0.39, 0.29) is 0 Å². The highest BCUT2D eigenvalue weighted by Crippen LogP contribution is 2.33. The molecule has 0 saturated carbocycles. The molecule has 2 rings (SSSR count). The number of methoxy groups -OCH3 is 2. The Balaban J connectivity index is 2.57. The summed E-state index contributed by atoms with van der Waals surface area (Å²) in [7, 11) is 3.35. The van der Waals surface area contributed by atoms with Crippen LogP contribution < -0.4 is 9.47 Å². The van der Waals surface area contributed by atoms with Gasteiger partial charge in [-0.3, -0.25) is 0 Å². The van der Waals surface area contributed by atoms with E-state index in [0.717, 1.165) is 10.8 Å². The van der Waals surface area contributed by atoms with Crippen molar-refractivity contribution in [2.75, 3.05) is 14.2 Å². The zero-order chi connectivity index (χ0) is 9.26. The first-order chi connectivity index (χ1) is 6.33. The largest absolute Gasteiger partial charge is 0.497 e. The first-order valence-electron chi connectivity index (χ1n) is 3.95. The van der Waals surface area contributed by atoms with Crippen LogP contribution in [0.15, 0.2) is 24.3 Å². The fraction of sp³-hybridized carbons (Fsp3) is 0.200. The molecule has 0 aliphatic heterocycles. The molecule has 0 aliphatic rings. The Hall–Kier alpha value is -1.22. The van der Waals surface area contributed by atoms with Crippen LogP contribution in [0.3, 0.4) is 0 Å². The topological polar surface area (TPSA) is 18.5 Å². The maximum atomic E-state index is 5.15. The van der Waals surface area contributed by atoms with Gasteiger partial charge in [0, 0.05) is 4.70 Å². The maximum Gasteiger partial charge on any atom is 0.174 e. The van der Waals surface area contributed by atoms with Crippen LogP contribution in [0.1, 0.15) is 0 Å². The summed E-state index contributed by atoms with van der Waals surface area (Å²) in [5.74, 6) is 0.882. The molecule has 0 bridgehead atoms. The van der Waals surface area contributed by atoms with Gasteiger partial charge in [-0.05, 0) is 29.7 Å². The van der Waals surface area contributed by atoms with Crippen molar-refractivity contribution in [3.05, 3.63) is 24.3 Å². The Labute approximate surface area is 80.7 Å². The summed E-state index contributed by atoms with van der Waals surface area (Å²) in [4.78, 5) is 0. The molecule has 0 fully saturated rings. The number of rotatable bonds is 2. The molecule has 13 heavy (non-hydrogen) atoms. The van der Waals surface area contributed by atoms with Crippen molar-refractivity contribution in [1.29, 1.82) is 0 Å². The molecule has 0 unspecified atom stereocenters. The monoisotopic (exact) mass is 194 g/mol. The first kappa shape index (κ1) is 8.38. The van der Waals surface area contributed by atoms with Gasteiger partial charge in [0.1, 0.15) is 5.75 Å². The van der Waals surface area contributed by atoms with Crippen LogP contribution in [0.25, 0.3) is 10.1 Å². The van der Waals surface area contributed by atoms with Gasteiger partial charge in [-0.15, -0.1) is 0 Å². The lowest BCUT2D eigenvalue weighted by molar-refractivity contribution is 0.415. The second-order valence-corrected chi connectivity index (χ2v) is 3.72. The Morgan fingerprint density at radius 1 is 1.08 bits per heavy atom. The van der Waals surface area contributed by atoms with Gasteiger partial charge < -0.3 is 9.47 Å². The predicted octanol–water partition coefficient (Wildman–Crippen LogP) is 2.92. The standard InChI is InChI=1S/C10H10O2S/c1-11-8-3-4-9-7(5-8)6-10(12-2)13-9/h3-6H,1-2H3. The van der Waals surface area contributed by atoms with Crippen molar-refractivity contribution in [3.8, 4) is 10.8 Å². The molecular weight excluding hydrogens is 184 g/mol. The Morgan fingerprint density at radius 3 is 2.62 bits per heavy atom. The van der Waals surface area contributed by atoms with E-state index in [2.05, 4.69) is 0 Å². The second kappa shape index (κ2) is 3.26. The van der Waals surface area contributed by atoms with E-state index in [4.69, 9.17) is 9.47 Å². The van der Waals surface area contributed by atoms with Gasteiger partial charge in [0.25, 0.3) is 0 Å². The number of hydrogen-bond donors (Lipinski definition) is 0. The normalized spacial score (nSPS) is 10.3. The van der Waals surface area contributed by atoms with E-state index < -0.39 is 0 Å². The number of fused-ring (bicyclic) bond motifs is 1. The highest BCUT2D eigenvalue weighted by Gasteiger charge is 2.02. The molecule has 1 heterocycles. The van der Waals surface area contributed by atoms with Crippen LogP contribution >= 0.6 is 11.3 Å². The number of hydrogen-bond acceptors (Lipinski definition) is 3. The summed E-state index contributed by atoms with van der Waals surface area (Å²) in [6, 6.07) is 8.02. The fourth-order valence-electron chi connectivity index (χ4n) is 1.22. The summed E-state index contributed by atoms with van der Waals surface area (Å²) in [6.45, 7) is 0. The van der Waals surface area contributed by atoms with Crippen LogP contribution in [0.2, 0.25) is 0 Å². The van der Waals surface area contributed by atoms with Gasteiger partial charge in [-0.25, -0.2) is 0 Å². The van der Waals surface area contributed by atoms with Crippen LogP contribution in [0.4, 0.5) is 0 Å². The van der Waals surface area contributed by atoms with Crippen LogP contribution in [0, 0.1) is 0 Å². The van der Waals surface area contributed by atoms with Crippen molar-refractivity contribution >= 4 is 21.4 Å². The lowest BCUT2D eigenvalue weighted by Gasteiger charge is -1.97. The quantitative estimate of drug-likeness (QED) is 0.731. The summed E-state index contributed by atoms with van der Waals surface area (Å²) in [5, 5.41) is 2.10. The second-order valence-electron chi connectivity index (χ2n) is 2.67. The average molecular weight is 194 g/mol. The molecule has 0 saturated heterocycles. The molecule has 3 heteroatoms. The van der Waals surface area contributed by atoms with Crippen LogP contribution in [-0.2, 0) is 0 Å². The third-order valence-corrected chi connectivity index (χ3v) is 2.98. The Bertz CT molecular complexity index is 418. The van der Waals surface area contributed by atoms with E-state index >= 15 is 0 Å². The molecule has 0 aliphatic carbocycles. The SMILES string of the molecule is COc1ccc2sc(OC)cc2c1. The van der Waals surface area contributed by atoms with Crippen LogP contribution in [-0.4, -0.2) is 14.2 Å². The summed E-state index contributed by atoms with van der Waals surface area (Å²) < 4.78 is 11.5. The van der Waals surface area contributed by atoms with Crippen molar-refractivity contribution in [1.82, 2.24) is 0 Å². The third kappa shape index (κ3) is 1.47. The molecule has 2 nitrogen and oxygen atoms in total. The minimum absolute atomic E-state index is 0.882. The molecule has 2 aromatic rings. The van der Waals surface area contributed by atoms with E-state index in [0.29, 0.717) is 0 Å².